The second kappa shape index (κ2) is 5.29. The number of esters is 1. The van der Waals surface area contributed by atoms with Crippen LogP contribution in [0.2, 0.25) is 5.02 Å². The van der Waals surface area contributed by atoms with Crippen LogP contribution in [0.5, 0.6) is 0 Å². The Bertz CT molecular complexity index is 465. The molecule has 0 aliphatic rings. The third-order valence-electron chi connectivity index (χ3n) is 1.99. The van der Waals surface area contributed by atoms with Crippen molar-refractivity contribution in [1.82, 2.24) is 0 Å². The van der Waals surface area contributed by atoms with Gasteiger partial charge in [-0.25, -0.2) is 4.79 Å². The summed E-state index contributed by atoms with van der Waals surface area (Å²) in [7, 11) is 1.08. The largest absolute Gasteiger partial charge is 0.463 e. The van der Waals surface area contributed by atoms with Crippen LogP contribution in [-0.4, -0.2) is 18.9 Å². The van der Waals surface area contributed by atoms with E-state index < -0.39 is 17.7 Å². The van der Waals surface area contributed by atoms with Gasteiger partial charge in [-0.15, -0.1) is 0 Å². The first-order valence-corrected chi connectivity index (χ1v) is 4.75. The number of nitrogens with zero attached hydrogens (tertiary/aromatic N) is 1. The molecule has 0 aromatic heterocycles. The van der Waals surface area contributed by atoms with E-state index in [9.17, 15) is 9.59 Å². The molecular weight excluding hydrogens is 230 g/mol. The fourth-order valence-corrected chi connectivity index (χ4v) is 1.44. The molecule has 4 nitrogen and oxygen atoms in total. The van der Waals surface area contributed by atoms with Gasteiger partial charge >= 0.3 is 5.97 Å². The Hall–Kier alpha value is -1.86. The maximum atomic E-state index is 11.5. The number of Topliss-reactive ketones (excluding diaryl/α,β-unsaturated/α-hetero) is 1. The zero-order chi connectivity index (χ0) is 12.1. The normalized spacial score (nSPS) is 11.3. The van der Waals surface area contributed by atoms with Crippen molar-refractivity contribution in [1.29, 1.82) is 5.26 Å². The van der Waals surface area contributed by atoms with Crippen LogP contribution >= 0.6 is 11.6 Å². The van der Waals surface area contributed by atoms with Gasteiger partial charge in [-0.1, -0.05) is 29.8 Å². The highest BCUT2D eigenvalue weighted by atomic mass is 35.5. The van der Waals surface area contributed by atoms with Crippen molar-refractivity contribution >= 4 is 23.4 Å². The van der Waals surface area contributed by atoms with Gasteiger partial charge in [0, 0.05) is 5.02 Å². The van der Waals surface area contributed by atoms with E-state index in [1.807, 2.05) is 0 Å². The molecule has 1 aromatic rings. The lowest BCUT2D eigenvalue weighted by Crippen LogP contribution is -2.22. The lowest BCUT2D eigenvalue weighted by Gasteiger charge is -2.08. The Morgan fingerprint density at radius 1 is 1.44 bits per heavy atom. The summed E-state index contributed by atoms with van der Waals surface area (Å²) >= 11 is 5.83. The molecule has 1 aromatic carbocycles. The monoisotopic (exact) mass is 237 g/mol. The van der Waals surface area contributed by atoms with Gasteiger partial charge in [-0.2, -0.15) is 5.26 Å². The molecule has 82 valence electrons. The summed E-state index contributed by atoms with van der Waals surface area (Å²) in [4.78, 5) is 22.5. The van der Waals surface area contributed by atoms with Gasteiger partial charge in [0.05, 0.1) is 13.2 Å². The minimum atomic E-state index is -1.22. The Kier molecular flexibility index (Phi) is 4.03. The molecule has 0 amide bonds. The first kappa shape index (κ1) is 12.2. The van der Waals surface area contributed by atoms with E-state index in [0.717, 1.165) is 7.11 Å². The Labute approximate surface area is 97.4 Å². The Balaban J connectivity index is 3.10. The fourth-order valence-electron chi connectivity index (χ4n) is 1.20. The molecule has 1 atom stereocenters. The van der Waals surface area contributed by atoms with Gasteiger partial charge in [0.1, 0.15) is 5.92 Å². The quantitative estimate of drug-likeness (QED) is 0.593. The van der Waals surface area contributed by atoms with Gasteiger partial charge in [0.15, 0.2) is 0 Å². The number of carbonyl (C=O) groups excluding carboxylic acids is 2. The third kappa shape index (κ3) is 2.38. The number of methoxy groups -OCH3 is 1. The highest BCUT2D eigenvalue weighted by Crippen LogP contribution is 2.24. The summed E-state index contributed by atoms with van der Waals surface area (Å²) < 4.78 is 4.27. The zero-order valence-electron chi connectivity index (χ0n) is 8.44. The van der Waals surface area contributed by atoms with E-state index in [4.69, 9.17) is 16.9 Å². The second-order valence-electron chi connectivity index (χ2n) is 2.94. The third-order valence-corrected chi connectivity index (χ3v) is 2.34. The SMILES string of the molecule is COC(=O)C(=O)C(C#N)c1ccccc1Cl. The highest BCUT2D eigenvalue weighted by molar-refractivity contribution is 6.38. The van der Waals surface area contributed by atoms with Gasteiger partial charge in [-0.3, -0.25) is 4.79 Å². The summed E-state index contributed by atoms with van der Waals surface area (Å²) in [6, 6.07) is 8.12. The van der Waals surface area contributed by atoms with Crippen LogP contribution in [0.3, 0.4) is 0 Å². The van der Waals surface area contributed by atoms with E-state index in [1.54, 1.807) is 24.3 Å². The van der Waals surface area contributed by atoms with E-state index in [0.29, 0.717) is 5.56 Å². The van der Waals surface area contributed by atoms with Crippen LogP contribution in [0.1, 0.15) is 11.5 Å². The minimum absolute atomic E-state index is 0.270. The number of ketones is 1. The summed E-state index contributed by atoms with van der Waals surface area (Å²) in [5.41, 5.74) is 0.307. The number of halogens is 1. The summed E-state index contributed by atoms with van der Waals surface area (Å²) in [6.45, 7) is 0. The number of carbonyl (C=O) groups is 2. The zero-order valence-corrected chi connectivity index (χ0v) is 9.19. The van der Waals surface area contributed by atoms with E-state index in [2.05, 4.69) is 4.74 Å². The number of benzene rings is 1. The number of hydrogen-bond donors (Lipinski definition) is 0. The Morgan fingerprint density at radius 3 is 2.56 bits per heavy atom. The average Bonchev–Trinajstić information content (AvgIpc) is 2.31. The molecule has 1 unspecified atom stereocenters. The molecule has 0 spiro atoms. The van der Waals surface area contributed by atoms with Crippen molar-refractivity contribution in [2.24, 2.45) is 0 Å². The predicted octanol–water partition coefficient (Wildman–Crippen LogP) is 1.69. The number of hydrogen-bond acceptors (Lipinski definition) is 4. The smallest absolute Gasteiger partial charge is 0.376 e. The minimum Gasteiger partial charge on any atom is -0.463 e. The number of nitriles is 1. The van der Waals surface area contributed by atoms with Crippen molar-refractivity contribution in [2.75, 3.05) is 7.11 Å². The molecule has 0 saturated carbocycles. The fraction of sp³-hybridized carbons (Fsp3) is 0.182. The maximum absolute atomic E-state index is 11.5. The number of ether oxygens (including phenoxy) is 1. The molecule has 0 radical (unpaired) electrons. The molecule has 0 aliphatic carbocycles. The van der Waals surface area contributed by atoms with Crippen LogP contribution in [-0.2, 0) is 14.3 Å². The van der Waals surface area contributed by atoms with Crippen molar-refractivity contribution in [3.63, 3.8) is 0 Å². The molecule has 0 aliphatic heterocycles. The number of rotatable bonds is 3. The van der Waals surface area contributed by atoms with Gasteiger partial charge in [0.2, 0.25) is 0 Å². The summed E-state index contributed by atoms with van der Waals surface area (Å²) in [5.74, 6) is -3.19. The molecule has 0 heterocycles. The van der Waals surface area contributed by atoms with Crippen LogP contribution in [0, 0.1) is 11.3 Å². The lowest BCUT2D eigenvalue weighted by atomic mass is 9.96. The lowest BCUT2D eigenvalue weighted by molar-refractivity contribution is -0.151. The first-order chi connectivity index (χ1) is 7.61. The Morgan fingerprint density at radius 2 is 2.06 bits per heavy atom. The molecule has 5 heteroatoms. The molecule has 16 heavy (non-hydrogen) atoms. The topological polar surface area (TPSA) is 67.2 Å². The van der Waals surface area contributed by atoms with Gasteiger partial charge in [-0.05, 0) is 11.6 Å². The van der Waals surface area contributed by atoms with Crippen molar-refractivity contribution < 1.29 is 14.3 Å². The van der Waals surface area contributed by atoms with Crippen LogP contribution in [0.4, 0.5) is 0 Å². The predicted molar refractivity (Wildman–Crippen MR) is 56.8 cm³/mol. The first-order valence-electron chi connectivity index (χ1n) is 4.38. The van der Waals surface area contributed by atoms with Crippen LogP contribution in [0.15, 0.2) is 24.3 Å². The van der Waals surface area contributed by atoms with Crippen molar-refractivity contribution in [3.05, 3.63) is 34.9 Å². The van der Waals surface area contributed by atoms with E-state index in [1.165, 1.54) is 6.07 Å². The molecule has 0 saturated heterocycles. The van der Waals surface area contributed by atoms with Crippen LogP contribution < -0.4 is 0 Å². The van der Waals surface area contributed by atoms with Crippen LogP contribution in [0.25, 0.3) is 0 Å². The highest BCUT2D eigenvalue weighted by Gasteiger charge is 2.28. The summed E-state index contributed by atoms with van der Waals surface area (Å²) in [6.07, 6.45) is 0. The second-order valence-corrected chi connectivity index (χ2v) is 3.35. The average molecular weight is 238 g/mol. The van der Waals surface area contributed by atoms with Crippen molar-refractivity contribution in [2.45, 2.75) is 5.92 Å². The summed E-state index contributed by atoms with van der Waals surface area (Å²) in [5, 5.41) is 9.15. The van der Waals surface area contributed by atoms with Gasteiger partial charge < -0.3 is 4.74 Å². The van der Waals surface area contributed by atoms with E-state index >= 15 is 0 Å². The molecule has 0 N–H and O–H groups in total. The maximum Gasteiger partial charge on any atom is 0.376 e. The van der Waals surface area contributed by atoms with Crippen molar-refractivity contribution in [3.8, 4) is 6.07 Å². The molecule has 0 bridgehead atoms. The standard InChI is InChI=1S/C11H8ClNO3/c1-16-11(15)10(14)8(6-13)7-4-2-3-5-9(7)12/h2-5,8H,1H3. The molecule has 1 rings (SSSR count). The molecular formula is C11H8ClNO3. The molecule has 0 fully saturated rings. The van der Waals surface area contributed by atoms with E-state index in [-0.39, 0.29) is 5.02 Å². The van der Waals surface area contributed by atoms with Gasteiger partial charge in [0.25, 0.3) is 5.78 Å².